The molecule has 112 valence electrons. The molecule has 0 fully saturated rings. The van der Waals surface area contributed by atoms with Crippen molar-refractivity contribution in [2.45, 2.75) is 19.1 Å². The maximum absolute atomic E-state index is 12.8. The number of hydrogen-bond donors (Lipinski definition) is 3. The van der Waals surface area contributed by atoms with Gasteiger partial charge in [-0.2, -0.15) is 18.3 Å². The van der Waals surface area contributed by atoms with Crippen molar-refractivity contribution < 1.29 is 18.0 Å². The molecule has 0 radical (unpaired) electrons. The van der Waals surface area contributed by atoms with Crippen molar-refractivity contribution in [1.29, 1.82) is 0 Å². The lowest BCUT2D eigenvalue weighted by molar-refractivity contribution is -0.137. The minimum absolute atomic E-state index is 0.123. The van der Waals surface area contributed by atoms with Gasteiger partial charge >= 0.3 is 11.9 Å². The molecule has 0 saturated carbocycles. The van der Waals surface area contributed by atoms with Gasteiger partial charge in [0.05, 0.1) is 17.2 Å². The summed E-state index contributed by atoms with van der Waals surface area (Å²) in [6, 6.07) is 3.70. The first-order valence-corrected chi connectivity index (χ1v) is 5.90. The SMILES string of the molecule is C[C@H](NC(=O)c1ccccc1C(F)(F)F)c1n[nH]c(=O)[nH]1. The second-order valence-corrected chi connectivity index (χ2v) is 4.30. The van der Waals surface area contributed by atoms with E-state index in [4.69, 9.17) is 0 Å². The quantitative estimate of drug-likeness (QED) is 0.804. The highest BCUT2D eigenvalue weighted by molar-refractivity contribution is 5.96. The molecule has 21 heavy (non-hydrogen) atoms. The number of nitrogens with zero attached hydrogens (tertiary/aromatic N) is 1. The summed E-state index contributed by atoms with van der Waals surface area (Å²) >= 11 is 0. The Hall–Kier alpha value is -2.58. The zero-order chi connectivity index (χ0) is 15.6. The maximum atomic E-state index is 12.8. The lowest BCUT2D eigenvalue weighted by Gasteiger charge is -2.15. The van der Waals surface area contributed by atoms with Gasteiger partial charge in [0.1, 0.15) is 0 Å². The van der Waals surface area contributed by atoms with Gasteiger partial charge in [-0.1, -0.05) is 12.1 Å². The van der Waals surface area contributed by atoms with E-state index in [9.17, 15) is 22.8 Å². The van der Waals surface area contributed by atoms with E-state index in [-0.39, 0.29) is 5.82 Å². The molecule has 1 amide bonds. The van der Waals surface area contributed by atoms with Crippen LogP contribution in [0, 0.1) is 0 Å². The van der Waals surface area contributed by atoms with Gasteiger partial charge in [0.15, 0.2) is 5.82 Å². The third-order valence-electron chi connectivity index (χ3n) is 2.75. The molecule has 9 heteroatoms. The molecule has 1 aromatic carbocycles. The Morgan fingerprint density at radius 2 is 2.00 bits per heavy atom. The lowest BCUT2D eigenvalue weighted by atomic mass is 10.1. The Balaban J connectivity index is 2.23. The van der Waals surface area contributed by atoms with Gasteiger partial charge in [-0.05, 0) is 19.1 Å². The summed E-state index contributed by atoms with van der Waals surface area (Å²) < 4.78 is 38.5. The predicted molar refractivity (Wildman–Crippen MR) is 66.5 cm³/mol. The van der Waals surface area contributed by atoms with Gasteiger partial charge in [0.25, 0.3) is 5.91 Å². The van der Waals surface area contributed by atoms with Crippen LogP contribution in [-0.4, -0.2) is 21.1 Å². The topological polar surface area (TPSA) is 90.6 Å². The highest BCUT2D eigenvalue weighted by atomic mass is 19.4. The van der Waals surface area contributed by atoms with Crippen LogP contribution in [0.3, 0.4) is 0 Å². The number of nitrogens with one attached hydrogen (secondary N) is 3. The molecule has 1 heterocycles. The zero-order valence-electron chi connectivity index (χ0n) is 10.8. The summed E-state index contributed by atoms with van der Waals surface area (Å²) in [6.45, 7) is 1.49. The zero-order valence-corrected chi connectivity index (χ0v) is 10.8. The van der Waals surface area contributed by atoms with Crippen LogP contribution in [0.5, 0.6) is 0 Å². The maximum Gasteiger partial charge on any atom is 0.417 e. The second-order valence-electron chi connectivity index (χ2n) is 4.30. The molecule has 0 aliphatic rings. The Kier molecular flexibility index (Phi) is 3.83. The van der Waals surface area contributed by atoms with Crippen LogP contribution in [0.15, 0.2) is 29.1 Å². The molecule has 0 bridgehead atoms. The van der Waals surface area contributed by atoms with Gasteiger partial charge < -0.3 is 5.32 Å². The molecule has 0 aliphatic heterocycles. The molecule has 0 unspecified atom stereocenters. The largest absolute Gasteiger partial charge is 0.417 e. The highest BCUT2D eigenvalue weighted by Gasteiger charge is 2.35. The summed E-state index contributed by atoms with van der Waals surface area (Å²) in [7, 11) is 0. The van der Waals surface area contributed by atoms with Gasteiger partial charge in [0, 0.05) is 0 Å². The number of benzene rings is 1. The standard InChI is InChI=1S/C12H11F3N4O2/c1-6(9-17-11(21)19-18-9)16-10(20)7-4-2-3-5-8(7)12(13,14)15/h2-6H,1H3,(H,16,20)(H2,17,18,19,21)/t6-/m0/s1. The van der Waals surface area contributed by atoms with Gasteiger partial charge in [-0.25, -0.2) is 9.89 Å². The minimum Gasteiger partial charge on any atom is -0.342 e. The fraction of sp³-hybridized carbons (Fsp3) is 0.250. The van der Waals surface area contributed by atoms with Gasteiger partial charge in [-0.15, -0.1) is 0 Å². The first kappa shape index (κ1) is 14.8. The van der Waals surface area contributed by atoms with Crippen molar-refractivity contribution in [2.75, 3.05) is 0 Å². The normalized spacial score (nSPS) is 13.0. The van der Waals surface area contributed by atoms with E-state index in [1.807, 2.05) is 0 Å². The van der Waals surface area contributed by atoms with Crippen molar-refractivity contribution in [3.63, 3.8) is 0 Å². The molecule has 0 saturated heterocycles. The average Bonchev–Trinajstić information content (AvgIpc) is 2.84. The number of aromatic amines is 2. The van der Waals surface area contributed by atoms with Crippen LogP contribution in [0.25, 0.3) is 0 Å². The van der Waals surface area contributed by atoms with Crippen molar-refractivity contribution in [1.82, 2.24) is 20.5 Å². The Morgan fingerprint density at radius 1 is 1.33 bits per heavy atom. The molecule has 2 aromatic rings. The molecule has 3 N–H and O–H groups in total. The molecule has 1 aromatic heterocycles. The number of alkyl halides is 3. The van der Waals surface area contributed by atoms with Crippen LogP contribution in [0.2, 0.25) is 0 Å². The van der Waals surface area contributed by atoms with Crippen LogP contribution >= 0.6 is 0 Å². The van der Waals surface area contributed by atoms with E-state index < -0.39 is 34.9 Å². The summed E-state index contributed by atoms with van der Waals surface area (Å²) in [4.78, 5) is 25.2. The molecular formula is C12H11F3N4O2. The van der Waals surface area contributed by atoms with Gasteiger partial charge in [0.2, 0.25) is 0 Å². The Bertz CT molecular complexity index is 705. The van der Waals surface area contributed by atoms with Crippen LogP contribution in [-0.2, 0) is 6.18 Å². The number of aromatic nitrogens is 3. The van der Waals surface area contributed by atoms with Crippen LogP contribution < -0.4 is 11.0 Å². The monoisotopic (exact) mass is 300 g/mol. The van der Waals surface area contributed by atoms with Crippen molar-refractivity contribution in [3.05, 3.63) is 51.7 Å². The summed E-state index contributed by atoms with van der Waals surface area (Å²) in [5.41, 5.74) is -2.08. The number of halogens is 3. The predicted octanol–water partition coefficient (Wildman–Crippen LogP) is 1.61. The smallest absolute Gasteiger partial charge is 0.342 e. The number of rotatable bonds is 3. The molecule has 0 aliphatic carbocycles. The third kappa shape index (κ3) is 3.30. The first-order chi connectivity index (χ1) is 9.79. The first-order valence-electron chi connectivity index (χ1n) is 5.90. The summed E-state index contributed by atoms with van der Waals surface area (Å²) in [5, 5.41) is 8.06. The number of carbonyl (C=O) groups excluding carboxylic acids is 1. The number of hydrogen-bond acceptors (Lipinski definition) is 3. The summed E-state index contributed by atoms with van der Waals surface area (Å²) in [6.07, 6.45) is -4.63. The highest BCUT2D eigenvalue weighted by Crippen LogP contribution is 2.31. The third-order valence-corrected chi connectivity index (χ3v) is 2.75. The minimum atomic E-state index is -4.63. The van der Waals surface area contributed by atoms with E-state index >= 15 is 0 Å². The summed E-state index contributed by atoms with van der Waals surface area (Å²) in [5.74, 6) is -0.780. The second kappa shape index (κ2) is 5.43. The molecule has 0 spiro atoms. The van der Waals surface area contributed by atoms with Crippen LogP contribution in [0.1, 0.15) is 34.7 Å². The Labute approximate surface area is 116 Å². The van der Waals surface area contributed by atoms with Gasteiger partial charge in [-0.3, -0.25) is 9.78 Å². The van der Waals surface area contributed by atoms with Crippen LogP contribution in [0.4, 0.5) is 13.2 Å². The number of amides is 1. The Morgan fingerprint density at radius 3 is 2.57 bits per heavy atom. The fourth-order valence-electron chi connectivity index (χ4n) is 1.76. The molecule has 2 rings (SSSR count). The molecule has 6 nitrogen and oxygen atoms in total. The van der Waals surface area contributed by atoms with E-state index in [1.165, 1.54) is 19.1 Å². The number of H-pyrrole nitrogens is 2. The van der Waals surface area contributed by atoms with E-state index in [2.05, 4.69) is 20.5 Å². The number of carbonyl (C=O) groups is 1. The lowest BCUT2D eigenvalue weighted by Crippen LogP contribution is -2.29. The van der Waals surface area contributed by atoms with E-state index in [0.717, 1.165) is 12.1 Å². The van der Waals surface area contributed by atoms with Crippen molar-refractivity contribution >= 4 is 5.91 Å². The van der Waals surface area contributed by atoms with Crippen molar-refractivity contribution in [3.8, 4) is 0 Å². The van der Waals surface area contributed by atoms with E-state index in [1.54, 1.807) is 0 Å². The fourth-order valence-corrected chi connectivity index (χ4v) is 1.76. The van der Waals surface area contributed by atoms with Crippen molar-refractivity contribution in [2.24, 2.45) is 0 Å². The van der Waals surface area contributed by atoms with E-state index in [0.29, 0.717) is 0 Å². The molecule has 1 atom stereocenters. The average molecular weight is 300 g/mol. The molecular weight excluding hydrogens is 289 g/mol.